The predicted octanol–water partition coefficient (Wildman–Crippen LogP) is 2.57. The average Bonchev–Trinajstić information content (AvgIpc) is 2.23. The van der Waals surface area contributed by atoms with Gasteiger partial charge in [0.25, 0.3) is 0 Å². The number of hydrogen-bond donors (Lipinski definition) is 1. The number of halogens is 3. The molecule has 0 heterocycles. The third-order valence-corrected chi connectivity index (χ3v) is 4.51. The van der Waals surface area contributed by atoms with Crippen molar-refractivity contribution in [2.75, 3.05) is 20.3 Å². The van der Waals surface area contributed by atoms with Crippen LogP contribution in [-0.2, 0) is 14.8 Å². The molecule has 0 amide bonds. The lowest BCUT2D eigenvalue weighted by atomic mass is 10.4. The van der Waals surface area contributed by atoms with E-state index in [0.29, 0.717) is 0 Å². The Morgan fingerprint density at radius 1 is 1.18 bits per heavy atom. The number of methoxy groups -OCH3 is 1. The fraction of sp³-hybridized carbons (Fsp3) is 0.333. The van der Waals surface area contributed by atoms with Crippen LogP contribution in [0.5, 0.6) is 0 Å². The first-order valence-electron chi connectivity index (χ1n) is 4.51. The molecule has 0 radical (unpaired) electrons. The van der Waals surface area contributed by atoms with Crippen molar-refractivity contribution < 1.29 is 13.2 Å². The van der Waals surface area contributed by atoms with Gasteiger partial charge < -0.3 is 4.74 Å². The van der Waals surface area contributed by atoms with E-state index in [0.717, 1.165) is 0 Å². The van der Waals surface area contributed by atoms with Gasteiger partial charge in [0.1, 0.15) is 4.90 Å². The third-order valence-electron chi connectivity index (χ3n) is 1.86. The second-order valence-corrected chi connectivity index (χ2v) is 6.04. The molecule has 0 saturated heterocycles. The zero-order valence-corrected chi connectivity index (χ0v) is 11.9. The molecule has 0 fully saturated rings. The highest BCUT2D eigenvalue weighted by Crippen LogP contribution is 2.31. The van der Waals surface area contributed by atoms with Crippen molar-refractivity contribution in [3.8, 4) is 0 Å². The van der Waals surface area contributed by atoms with Crippen LogP contribution in [0.15, 0.2) is 17.0 Å². The van der Waals surface area contributed by atoms with Crippen LogP contribution in [0.3, 0.4) is 0 Å². The Morgan fingerprint density at radius 2 is 1.76 bits per heavy atom. The van der Waals surface area contributed by atoms with Gasteiger partial charge in [0, 0.05) is 13.7 Å². The summed E-state index contributed by atoms with van der Waals surface area (Å²) in [5.41, 5.74) is 0. The van der Waals surface area contributed by atoms with Crippen LogP contribution < -0.4 is 4.72 Å². The molecule has 8 heteroatoms. The Bertz CT molecular complexity index is 504. The molecule has 0 bridgehead atoms. The maximum absolute atomic E-state index is 11.8. The van der Waals surface area contributed by atoms with E-state index in [1.165, 1.54) is 19.2 Å². The van der Waals surface area contributed by atoms with Crippen LogP contribution in [-0.4, -0.2) is 28.7 Å². The van der Waals surface area contributed by atoms with Crippen molar-refractivity contribution in [1.82, 2.24) is 4.72 Å². The highest BCUT2D eigenvalue weighted by Gasteiger charge is 2.19. The molecule has 0 atom stereocenters. The minimum atomic E-state index is -3.71. The van der Waals surface area contributed by atoms with E-state index in [1.54, 1.807) is 0 Å². The average molecular weight is 319 g/mol. The SMILES string of the molecule is COCCNS(=O)(=O)c1cc(Cl)c(Cl)cc1Cl. The molecule has 0 spiro atoms. The van der Waals surface area contributed by atoms with Gasteiger partial charge in [-0.1, -0.05) is 34.8 Å². The monoisotopic (exact) mass is 317 g/mol. The first-order valence-corrected chi connectivity index (χ1v) is 7.13. The van der Waals surface area contributed by atoms with Gasteiger partial charge in [0.2, 0.25) is 10.0 Å². The van der Waals surface area contributed by atoms with Crippen molar-refractivity contribution in [3.63, 3.8) is 0 Å². The number of sulfonamides is 1. The van der Waals surface area contributed by atoms with Gasteiger partial charge in [-0.2, -0.15) is 0 Å². The lowest BCUT2D eigenvalue weighted by Gasteiger charge is -2.09. The van der Waals surface area contributed by atoms with Crippen LogP contribution in [0, 0.1) is 0 Å². The second-order valence-electron chi connectivity index (χ2n) is 3.09. The highest BCUT2D eigenvalue weighted by molar-refractivity contribution is 7.89. The molecular formula is C9H10Cl3NO3S. The van der Waals surface area contributed by atoms with Crippen molar-refractivity contribution in [3.05, 3.63) is 27.2 Å². The van der Waals surface area contributed by atoms with Gasteiger partial charge in [-0.3, -0.25) is 0 Å². The molecule has 1 aromatic carbocycles. The minimum absolute atomic E-state index is 0.0179. The van der Waals surface area contributed by atoms with Crippen LogP contribution in [0.1, 0.15) is 0 Å². The van der Waals surface area contributed by atoms with E-state index in [-0.39, 0.29) is 33.1 Å². The lowest BCUT2D eigenvalue weighted by molar-refractivity contribution is 0.204. The molecule has 0 aliphatic rings. The molecule has 4 nitrogen and oxygen atoms in total. The fourth-order valence-electron chi connectivity index (χ4n) is 1.07. The number of ether oxygens (including phenoxy) is 1. The number of nitrogens with one attached hydrogen (secondary N) is 1. The van der Waals surface area contributed by atoms with E-state index in [1.807, 2.05) is 0 Å². The summed E-state index contributed by atoms with van der Waals surface area (Å²) in [5.74, 6) is 0. The first kappa shape index (κ1) is 15.0. The summed E-state index contributed by atoms with van der Waals surface area (Å²) in [4.78, 5) is -0.107. The zero-order valence-electron chi connectivity index (χ0n) is 8.84. The van der Waals surface area contributed by atoms with E-state index >= 15 is 0 Å². The number of rotatable bonds is 5. The van der Waals surface area contributed by atoms with Crippen molar-refractivity contribution >= 4 is 44.8 Å². The smallest absolute Gasteiger partial charge is 0.242 e. The fourth-order valence-corrected chi connectivity index (χ4v) is 3.08. The quantitative estimate of drug-likeness (QED) is 0.670. The minimum Gasteiger partial charge on any atom is -0.383 e. The first-order chi connectivity index (χ1) is 7.88. The van der Waals surface area contributed by atoms with Crippen molar-refractivity contribution in [1.29, 1.82) is 0 Å². The molecule has 17 heavy (non-hydrogen) atoms. The molecule has 1 N–H and O–H groups in total. The van der Waals surface area contributed by atoms with E-state index in [4.69, 9.17) is 39.5 Å². The molecule has 0 aromatic heterocycles. The highest BCUT2D eigenvalue weighted by atomic mass is 35.5. The Hall–Kier alpha value is -0.0400. The summed E-state index contributed by atoms with van der Waals surface area (Å²) in [6.45, 7) is 0.410. The number of benzene rings is 1. The van der Waals surface area contributed by atoms with Gasteiger partial charge in [-0.15, -0.1) is 0 Å². The van der Waals surface area contributed by atoms with Crippen molar-refractivity contribution in [2.45, 2.75) is 4.90 Å². The van der Waals surface area contributed by atoms with Gasteiger partial charge in [-0.25, -0.2) is 13.1 Å². The summed E-state index contributed by atoms with van der Waals surface area (Å²) in [7, 11) is -2.23. The molecule has 0 aliphatic carbocycles. The van der Waals surface area contributed by atoms with Gasteiger partial charge in [0.15, 0.2) is 0 Å². The normalized spacial score (nSPS) is 11.8. The maximum atomic E-state index is 11.8. The summed E-state index contributed by atoms with van der Waals surface area (Å²) in [6.07, 6.45) is 0. The summed E-state index contributed by atoms with van der Waals surface area (Å²) < 4.78 is 30.7. The molecule has 0 unspecified atom stereocenters. The van der Waals surface area contributed by atoms with Crippen LogP contribution in [0.4, 0.5) is 0 Å². The van der Waals surface area contributed by atoms with E-state index < -0.39 is 10.0 Å². The maximum Gasteiger partial charge on any atom is 0.242 e. The lowest BCUT2D eigenvalue weighted by Crippen LogP contribution is -2.27. The molecular weight excluding hydrogens is 309 g/mol. The summed E-state index contributed by atoms with van der Waals surface area (Å²) in [6, 6.07) is 2.50. The van der Waals surface area contributed by atoms with E-state index in [2.05, 4.69) is 4.72 Å². The van der Waals surface area contributed by atoms with Crippen LogP contribution in [0.25, 0.3) is 0 Å². The molecule has 96 valence electrons. The van der Waals surface area contributed by atoms with Gasteiger partial charge in [-0.05, 0) is 12.1 Å². The summed E-state index contributed by atoms with van der Waals surface area (Å²) in [5, 5.41) is 0.347. The Labute approximate surface area is 115 Å². The second kappa shape index (κ2) is 6.22. The van der Waals surface area contributed by atoms with Gasteiger partial charge in [0.05, 0.1) is 21.7 Å². The predicted molar refractivity (Wildman–Crippen MR) is 68.5 cm³/mol. The largest absolute Gasteiger partial charge is 0.383 e. The van der Waals surface area contributed by atoms with Crippen LogP contribution >= 0.6 is 34.8 Å². The Balaban J connectivity index is 3.03. The third kappa shape index (κ3) is 3.98. The Morgan fingerprint density at radius 3 is 2.35 bits per heavy atom. The van der Waals surface area contributed by atoms with Crippen molar-refractivity contribution in [2.24, 2.45) is 0 Å². The molecule has 1 aromatic rings. The summed E-state index contributed by atoms with van der Waals surface area (Å²) >= 11 is 17.3. The molecule has 0 saturated carbocycles. The molecule has 0 aliphatic heterocycles. The van der Waals surface area contributed by atoms with E-state index in [9.17, 15) is 8.42 Å². The number of hydrogen-bond acceptors (Lipinski definition) is 3. The standard InChI is InChI=1S/C9H10Cl3NO3S/c1-16-3-2-13-17(14,15)9-5-7(11)6(10)4-8(9)12/h4-5,13H,2-3H2,1H3. The Kier molecular flexibility index (Phi) is 5.50. The van der Waals surface area contributed by atoms with Gasteiger partial charge >= 0.3 is 0 Å². The topological polar surface area (TPSA) is 55.4 Å². The van der Waals surface area contributed by atoms with Crippen LogP contribution in [0.2, 0.25) is 15.1 Å². The molecule has 1 rings (SSSR count). The zero-order chi connectivity index (χ0) is 13.1.